The van der Waals surface area contributed by atoms with Crippen LogP contribution in [0.15, 0.2) is 71.6 Å². The molecule has 0 aliphatic heterocycles. The summed E-state index contributed by atoms with van der Waals surface area (Å²) in [5.74, 6) is 0.677. The van der Waals surface area contributed by atoms with Gasteiger partial charge in [-0.15, -0.1) is 11.8 Å². The van der Waals surface area contributed by atoms with Crippen LogP contribution in [-0.2, 0) is 4.79 Å². The molecule has 0 radical (unpaired) electrons. The van der Waals surface area contributed by atoms with E-state index in [4.69, 9.17) is 0 Å². The molecule has 2 aromatic carbocycles. The Morgan fingerprint density at radius 2 is 1.75 bits per heavy atom. The van der Waals surface area contributed by atoms with E-state index in [1.54, 1.807) is 11.8 Å². The number of carbonyl (C=O) groups excluding carboxylic acids is 1. The van der Waals surface area contributed by atoms with Gasteiger partial charge in [-0.2, -0.15) is 0 Å². The molecule has 0 bridgehead atoms. The number of hydrogen-bond donors (Lipinski definition) is 0. The van der Waals surface area contributed by atoms with Gasteiger partial charge in [-0.05, 0) is 42.5 Å². The molecule has 1 amide bonds. The van der Waals surface area contributed by atoms with Gasteiger partial charge < -0.3 is 4.90 Å². The zero-order valence-corrected chi connectivity index (χ0v) is 14.8. The zero-order chi connectivity index (χ0) is 16.8. The molecule has 0 heterocycles. The van der Waals surface area contributed by atoms with E-state index in [0.717, 1.165) is 24.2 Å². The van der Waals surface area contributed by atoms with Crippen molar-refractivity contribution in [3.63, 3.8) is 0 Å². The lowest BCUT2D eigenvalue weighted by Crippen LogP contribution is -2.39. The van der Waals surface area contributed by atoms with Gasteiger partial charge in [-0.3, -0.25) is 4.79 Å². The first-order valence-corrected chi connectivity index (χ1v) is 9.43. The zero-order valence-electron chi connectivity index (χ0n) is 14.0. The van der Waals surface area contributed by atoms with Gasteiger partial charge >= 0.3 is 0 Å². The predicted octanol–water partition coefficient (Wildman–Crippen LogP) is 4.87. The highest BCUT2D eigenvalue weighted by Gasteiger charge is 2.26. The SMILES string of the molecule is CN(C(=O)CSc1ccccc1)C1CCCC=C1c1ccccc1. The Kier molecular flexibility index (Phi) is 5.76. The Balaban J connectivity index is 1.68. The normalized spacial score (nSPS) is 17.2. The lowest BCUT2D eigenvalue weighted by molar-refractivity contribution is -0.128. The van der Waals surface area contributed by atoms with Gasteiger partial charge in [-0.25, -0.2) is 0 Å². The van der Waals surface area contributed by atoms with Gasteiger partial charge in [0, 0.05) is 11.9 Å². The van der Waals surface area contributed by atoms with Crippen LogP contribution >= 0.6 is 11.8 Å². The van der Waals surface area contributed by atoms with Gasteiger partial charge in [0.2, 0.25) is 5.91 Å². The Hall–Kier alpha value is -2.00. The number of amides is 1. The minimum absolute atomic E-state index is 0.185. The molecule has 24 heavy (non-hydrogen) atoms. The molecule has 3 heteroatoms. The van der Waals surface area contributed by atoms with Crippen molar-refractivity contribution in [1.29, 1.82) is 0 Å². The van der Waals surface area contributed by atoms with Crippen molar-refractivity contribution in [2.24, 2.45) is 0 Å². The third kappa shape index (κ3) is 4.09. The third-order valence-corrected chi connectivity index (χ3v) is 5.48. The molecule has 1 unspecified atom stereocenters. The van der Waals surface area contributed by atoms with Crippen LogP contribution in [0, 0.1) is 0 Å². The number of benzene rings is 2. The molecule has 2 aromatic rings. The summed E-state index contributed by atoms with van der Waals surface area (Å²) in [4.78, 5) is 15.7. The number of allylic oxidation sites excluding steroid dienone is 1. The van der Waals surface area contributed by atoms with Crippen LogP contribution in [0.1, 0.15) is 24.8 Å². The summed E-state index contributed by atoms with van der Waals surface area (Å²) in [6.45, 7) is 0. The van der Waals surface area contributed by atoms with E-state index in [-0.39, 0.29) is 11.9 Å². The summed E-state index contributed by atoms with van der Waals surface area (Å²) in [5, 5.41) is 0. The molecule has 1 aliphatic rings. The first-order valence-electron chi connectivity index (χ1n) is 8.44. The molecule has 0 fully saturated rings. The van der Waals surface area contributed by atoms with Crippen LogP contribution in [-0.4, -0.2) is 29.6 Å². The molecular formula is C21H23NOS. The Labute approximate surface area is 148 Å². The first-order chi connectivity index (χ1) is 11.8. The second kappa shape index (κ2) is 8.20. The Bertz CT molecular complexity index is 696. The van der Waals surface area contributed by atoms with Crippen LogP contribution in [0.5, 0.6) is 0 Å². The standard InChI is InChI=1S/C21H23NOS/c1-22(21(23)16-24-18-12-6-3-7-13-18)20-15-9-8-14-19(20)17-10-4-2-5-11-17/h2-7,10-14,20H,8-9,15-16H2,1H3. The van der Waals surface area contributed by atoms with E-state index >= 15 is 0 Å². The number of nitrogens with zero attached hydrogens (tertiary/aromatic N) is 1. The van der Waals surface area contributed by atoms with E-state index in [1.807, 2.05) is 48.3 Å². The van der Waals surface area contributed by atoms with Crippen molar-refractivity contribution in [2.45, 2.75) is 30.2 Å². The molecule has 124 valence electrons. The van der Waals surface area contributed by atoms with Gasteiger partial charge in [0.25, 0.3) is 0 Å². The predicted molar refractivity (Wildman–Crippen MR) is 102 cm³/mol. The second-order valence-corrected chi connectivity index (χ2v) is 7.13. The summed E-state index contributed by atoms with van der Waals surface area (Å²) in [6.07, 6.45) is 5.59. The first kappa shape index (κ1) is 16.8. The molecule has 1 aliphatic carbocycles. The highest BCUT2D eigenvalue weighted by molar-refractivity contribution is 8.00. The van der Waals surface area contributed by atoms with Crippen molar-refractivity contribution >= 4 is 23.2 Å². The van der Waals surface area contributed by atoms with Gasteiger partial charge in [0.05, 0.1) is 11.8 Å². The molecule has 3 rings (SSSR count). The van der Waals surface area contributed by atoms with Gasteiger partial charge in [0.15, 0.2) is 0 Å². The minimum Gasteiger partial charge on any atom is -0.338 e. The number of carbonyl (C=O) groups is 1. The lowest BCUT2D eigenvalue weighted by Gasteiger charge is -2.33. The fraction of sp³-hybridized carbons (Fsp3) is 0.286. The molecule has 0 N–H and O–H groups in total. The van der Waals surface area contributed by atoms with Crippen molar-refractivity contribution in [3.05, 3.63) is 72.3 Å². The maximum Gasteiger partial charge on any atom is 0.233 e. The average molecular weight is 337 g/mol. The molecular weight excluding hydrogens is 314 g/mol. The largest absolute Gasteiger partial charge is 0.338 e. The molecule has 2 nitrogen and oxygen atoms in total. The van der Waals surface area contributed by atoms with E-state index in [0.29, 0.717) is 5.75 Å². The highest BCUT2D eigenvalue weighted by Crippen LogP contribution is 2.31. The van der Waals surface area contributed by atoms with Crippen LogP contribution in [0.25, 0.3) is 5.57 Å². The smallest absolute Gasteiger partial charge is 0.233 e. The maximum absolute atomic E-state index is 12.7. The van der Waals surface area contributed by atoms with Crippen molar-refractivity contribution in [1.82, 2.24) is 4.90 Å². The van der Waals surface area contributed by atoms with Crippen molar-refractivity contribution in [3.8, 4) is 0 Å². The van der Waals surface area contributed by atoms with Crippen LogP contribution in [0.4, 0.5) is 0 Å². The fourth-order valence-electron chi connectivity index (χ4n) is 3.14. The average Bonchev–Trinajstić information content (AvgIpc) is 2.67. The summed E-state index contributed by atoms with van der Waals surface area (Å²) >= 11 is 1.61. The Morgan fingerprint density at radius 1 is 1.08 bits per heavy atom. The van der Waals surface area contributed by atoms with E-state index in [2.05, 4.69) is 30.3 Å². The van der Waals surface area contributed by atoms with Crippen LogP contribution in [0.2, 0.25) is 0 Å². The summed E-state index contributed by atoms with van der Waals surface area (Å²) in [5.41, 5.74) is 2.53. The highest BCUT2D eigenvalue weighted by atomic mass is 32.2. The number of thioether (sulfide) groups is 1. The maximum atomic E-state index is 12.7. The fourth-order valence-corrected chi connectivity index (χ4v) is 3.98. The van der Waals surface area contributed by atoms with Crippen LogP contribution < -0.4 is 0 Å². The van der Waals surface area contributed by atoms with E-state index in [1.165, 1.54) is 11.1 Å². The monoisotopic (exact) mass is 337 g/mol. The quantitative estimate of drug-likeness (QED) is 0.725. The summed E-state index contributed by atoms with van der Waals surface area (Å²) < 4.78 is 0. The molecule has 0 saturated heterocycles. The van der Waals surface area contributed by atoms with Crippen molar-refractivity contribution in [2.75, 3.05) is 12.8 Å². The van der Waals surface area contributed by atoms with Gasteiger partial charge in [-0.1, -0.05) is 54.6 Å². The minimum atomic E-state index is 0.185. The molecule has 0 spiro atoms. The number of likely N-dealkylation sites (N-methyl/N-ethyl adjacent to an activating group) is 1. The summed E-state index contributed by atoms with van der Waals surface area (Å²) in [6, 6.07) is 20.7. The third-order valence-electron chi connectivity index (χ3n) is 4.48. The number of hydrogen-bond acceptors (Lipinski definition) is 2. The topological polar surface area (TPSA) is 20.3 Å². The molecule has 1 atom stereocenters. The van der Waals surface area contributed by atoms with Crippen LogP contribution in [0.3, 0.4) is 0 Å². The lowest BCUT2D eigenvalue weighted by atomic mass is 9.88. The molecule has 0 saturated carbocycles. The Morgan fingerprint density at radius 3 is 2.46 bits per heavy atom. The summed E-state index contributed by atoms with van der Waals surface area (Å²) in [7, 11) is 1.95. The molecule has 0 aromatic heterocycles. The second-order valence-electron chi connectivity index (χ2n) is 6.08. The van der Waals surface area contributed by atoms with E-state index in [9.17, 15) is 4.79 Å². The van der Waals surface area contributed by atoms with Gasteiger partial charge in [0.1, 0.15) is 0 Å². The van der Waals surface area contributed by atoms with E-state index < -0.39 is 0 Å². The number of rotatable bonds is 5. The van der Waals surface area contributed by atoms with Crippen molar-refractivity contribution < 1.29 is 4.79 Å².